The van der Waals surface area contributed by atoms with Crippen LogP contribution in [0.25, 0.3) is 0 Å². The van der Waals surface area contributed by atoms with Crippen LogP contribution >= 0.6 is 0 Å². The maximum absolute atomic E-state index is 9.94. The molecule has 0 spiro atoms. The number of hydrogen-bond acceptors (Lipinski definition) is 1. The smallest absolute Gasteiger partial charge is 0.142 e. The molecule has 0 aromatic heterocycles. The molecule has 0 aliphatic rings. The Kier molecular flexibility index (Phi) is 11.5. The van der Waals surface area contributed by atoms with E-state index < -0.39 is 0 Å². The molecule has 0 unspecified atom stereocenters. The Labute approximate surface area is 92.9 Å². The standard InChI is InChI=1S/C14H20O/c1-2-3-4-5-6-7-8-9-10-11-12-13-14-15/h3-4,6-7,9-10,12-14H,2,5,8,11H2,1H3/b4-3-,7-6-,10-9-,13-12-. The lowest BCUT2D eigenvalue weighted by molar-refractivity contribution is -0.104. The number of rotatable bonds is 8. The normalized spacial score (nSPS) is 12.6. The average Bonchev–Trinajstić information content (AvgIpc) is 2.26. The summed E-state index contributed by atoms with van der Waals surface area (Å²) in [6.45, 7) is 2.13. The second-order valence-electron chi connectivity index (χ2n) is 3.09. The fourth-order valence-corrected chi connectivity index (χ4v) is 1.02. The Balaban J connectivity index is 3.39. The van der Waals surface area contributed by atoms with E-state index >= 15 is 0 Å². The van der Waals surface area contributed by atoms with Gasteiger partial charge in [0.1, 0.15) is 6.29 Å². The van der Waals surface area contributed by atoms with E-state index in [4.69, 9.17) is 0 Å². The third-order valence-corrected chi connectivity index (χ3v) is 1.77. The van der Waals surface area contributed by atoms with E-state index in [-0.39, 0.29) is 0 Å². The van der Waals surface area contributed by atoms with Crippen molar-refractivity contribution in [3.05, 3.63) is 48.6 Å². The van der Waals surface area contributed by atoms with Gasteiger partial charge < -0.3 is 0 Å². The van der Waals surface area contributed by atoms with Crippen LogP contribution in [0.15, 0.2) is 48.6 Å². The van der Waals surface area contributed by atoms with Crippen LogP contribution in [0.1, 0.15) is 32.6 Å². The maximum Gasteiger partial charge on any atom is 0.142 e. The van der Waals surface area contributed by atoms with Crippen molar-refractivity contribution in [2.45, 2.75) is 32.6 Å². The molecule has 0 aliphatic heterocycles. The Morgan fingerprint density at radius 1 is 0.733 bits per heavy atom. The number of aldehydes is 1. The molecular formula is C14H20O. The van der Waals surface area contributed by atoms with Gasteiger partial charge in [0.15, 0.2) is 0 Å². The fraction of sp³-hybridized carbons (Fsp3) is 0.357. The van der Waals surface area contributed by atoms with Crippen molar-refractivity contribution < 1.29 is 4.79 Å². The van der Waals surface area contributed by atoms with E-state index in [0.29, 0.717) is 0 Å². The molecule has 0 aromatic carbocycles. The van der Waals surface area contributed by atoms with E-state index in [2.05, 4.69) is 43.4 Å². The second kappa shape index (κ2) is 12.6. The lowest BCUT2D eigenvalue weighted by Crippen LogP contribution is -1.64. The minimum Gasteiger partial charge on any atom is -0.299 e. The van der Waals surface area contributed by atoms with Crippen molar-refractivity contribution in [2.24, 2.45) is 0 Å². The van der Waals surface area contributed by atoms with Crippen molar-refractivity contribution >= 4 is 6.29 Å². The molecule has 1 nitrogen and oxygen atoms in total. The van der Waals surface area contributed by atoms with Gasteiger partial charge in [0.25, 0.3) is 0 Å². The lowest BCUT2D eigenvalue weighted by Gasteiger charge is -1.83. The molecule has 0 N–H and O–H groups in total. The first-order valence-corrected chi connectivity index (χ1v) is 5.47. The molecule has 0 saturated heterocycles. The zero-order valence-corrected chi connectivity index (χ0v) is 9.43. The van der Waals surface area contributed by atoms with Crippen molar-refractivity contribution in [3.8, 4) is 0 Å². The summed E-state index contributed by atoms with van der Waals surface area (Å²) in [4.78, 5) is 9.94. The highest BCUT2D eigenvalue weighted by molar-refractivity contribution is 5.64. The van der Waals surface area contributed by atoms with Crippen LogP contribution in [0.3, 0.4) is 0 Å². The van der Waals surface area contributed by atoms with Crippen LogP contribution in [-0.4, -0.2) is 6.29 Å². The fourth-order valence-electron chi connectivity index (χ4n) is 1.02. The van der Waals surface area contributed by atoms with Gasteiger partial charge in [-0.1, -0.05) is 49.5 Å². The van der Waals surface area contributed by atoms with Gasteiger partial charge in [0.05, 0.1) is 0 Å². The molecule has 0 aromatic rings. The highest BCUT2D eigenvalue weighted by Gasteiger charge is 1.73. The van der Waals surface area contributed by atoms with Gasteiger partial charge in [0.2, 0.25) is 0 Å². The molecule has 0 saturated carbocycles. The molecule has 0 amide bonds. The second-order valence-corrected chi connectivity index (χ2v) is 3.09. The lowest BCUT2D eigenvalue weighted by atomic mass is 10.2. The minimum absolute atomic E-state index is 0.799. The first-order chi connectivity index (χ1) is 7.41. The van der Waals surface area contributed by atoms with Gasteiger partial charge in [0, 0.05) is 0 Å². The summed E-state index contributed by atoms with van der Waals surface area (Å²) in [5.74, 6) is 0. The minimum atomic E-state index is 0.799. The van der Waals surface area contributed by atoms with Crippen molar-refractivity contribution in [1.29, 1.82) is 0 Å². The summed E-state index contributed by atoms with van der Waals surface area (Å²) >= 11 is 0. The van der Waals surface area contributed by atoms with Crippen LogP contribution in [0.2, 0.25) is 0 Å². The highest BCUT2D eigenvalue weighted by atomic mass is 16.1. The van der Waals surface area contributed by atoms with Gasteiger partial charge in [-0.15, -0.1) is 0 Å². The molecule has 0 aliphatic carbocycles. The predicted octanol–water partition coefficient (Wildman–Crippen LogP) is 3.99. The summed E-state index contributed by atoms with van der Waals surface area (Å²) in [6.07, 6.45) is 20.9. The highest BCUT2D eigenvalue weighted by Crippen LogP contribution is 1.93. The van der Waals surface area contributed by atoms with E-state index in [1.54, 1.807) is 0 Å². The van der Waals surface area contributed by atoms with Gasteiger partial charge in [-0.3, -0.25) is 4.79 Å². The molecule has 15 heavy (non-hydrogen) atoms. The Bertz CT molecular complexity index is 244. The number of hydrogen-bond donors (Lipinski definition) is 0. The first kappa shape index (κ1) is 13.6. The summed E-state index contributed by atoms with van der Waals surface area (Å²) in [6, 6.07) is 0. The third kappa shape index (κ3) is 12.6. The number of carbonyl (C=O) groups excluding carboxylic acids is 1. The van der Waals surface area contributed by atoms with Crippen LogP contribution in [0.4, 0.5) is 0 Å². The summed E-state index contributed by atoms with van der Waals surface area (Å²) in [5, 5.41) is 0. The zero-order valence-electron chi connectivity index (χ0n) is 9.43. The van der Waals surface area contributed by atoms with Crippen LogP contribution in [0, 0.1) is 0 Å². The van der Waals surface area contributed by atoms with E-state index in [1.165, 1.54) is 6.08 Å². The summed E-state index contributed by atoms with van der Waals surface area (Å²) in [7, 11) is 0. The SMILES string of the molecule is CC/C=C\C/C=C\C/C=C\C/C=C\C=O. The van der Waals surface area contributed by atoms with Gasteiger partial charge >= 0.3 is 0 Å². The Morgan fingerprint density at radius 2 is 1.20 bits per heavy atom. The van der Waals surface area contributed by atoms with Crippen molar-refractivity contribution in [2.75, 3.05) is 0 Å². The van der Waals surface area contributed by atoms with E-state index in [1.807, 2.05) is 6.08 Å². The Hall–Kier alpha value is -1.37. The quantitative estimate of drug-likeness (QED) is 0.332. The van der Waals surface area contributed by atoms with E-state index in [9.17, 15) is 4.79 Å². The molecule has 0 atom stereocenters. The van der Waals surface area contributed by atoms with Gasteiger partial charge in [-0.2, -0.15) is 0 Å². The largest absolute Gasteiger partial charge is 0.299 e. The predicted molar refractivity (Wildman–Crippen MR) is 66.8 cm³/mol. The zero-order chi connectivity index (χ0) is 11.2. The van der Waals surface area contributed by atoms with Gasteiger partial charge in [-0.25, -0.2) is 0 Å². The Morgan fingerprint density at radius 3 is 1.67 bits per heavy atom. The molecule has 82 valence electrons. The maximum atomic E-state index is 9.94. The van der Waals surface area contributed by atoms with E-state index in [0.717, 1.165) is 32.0 Å². The summed E-state index contributed by atoms with van der Waals surface area (Å²) < 4.78 is 0. The molecular weight excluding hydrogens is 184 g/mol. The third-order valence-electron chi connectivity index (χ3n) is 1.77. The summed E-state index contributed by atoms with van der Waals surface area (Å²) in [5.41, 5.74) is 0. The molecule has 0 fully saturated rings. The van der Waals surface area contributed by atoms with Crippen molar-refractivity contribution in [1.82, 2.24) is 0 Å². The molecule has 0 radical (unpaired) electrons. The van der Waals surface area contributed by atoms with Gasteiger partial charge in [-0.05, 0) is 31.8 Å². The monoisotopic (exact) mass is 204 g/mol. The molecule has 0 heterocycles. The van der Waals surface area contributed by atoms with Crippen LogP contribution < -0.4 is 0 Å². The number of carbonyl (C=O) groups is 1. The van der Waals surface area contributed by atoms with Crippen LogP contribution in [-0.2, 0) is 4.79 Å². The van der Waals surface area contributed by atoms with Crippen molar-refractivity contribution in [3.63, 3.8) is 0 Å². The average molecular weight is 204 g/mol. The number of allylic oxidation sites excluding steroid dienone is 8. The first-order valence-electron chi connectivity index (χ1n) is 5.47. The van der Waals surface area contributed by atoms with Crippen LogP contribution in [0.5, 0.6) is 0 Å². The molecule has 0 rings (SSSR count). The topological polar surface area (TPSA) is 17.1 Å². The molecule has 0 bridgehead atoms. The molecule has 1 heteroatoms.